The minimum absolute atomic E-state index is 0.727. The summed E-state index contributed by atoms with van der Waals surface area (Å²) in [5.74, 6) is 0. The zero-order valence-corrected chi connectivity index (χ0v) is 12.0. The van der Waals surface area contributed by atoms with Crippen LogP contribution in [0.25, 0.3) is 0 Å². The van der Waals surface area contributed by atoms with Crippen molar-refractivity contribution in [3.05, 3.63) is 34.9 Å². The van der Waals surface area contributed by atoms with Crippen molar-refractivity contribution in [1.29, 1.82) is 0 Å². The lowest BCUT2D eigenvalue weighted by Gasteiger charge is -2.31. The third-order valence-corrected chi connectivity index (χ3v) is 4.22. The molecule has 1 atom stereocenters. The van der Waals surface area contributed by atoms with Crippen LogP contribution in [0.15, 0.2) is 18.2 Å². The first-order valence-electron chi connectivity index (χ1n) is 7.14. The monoisotopic (exact) mass is 246 g/mol. The fraction of sp³-hybridized carbons (Fsp3) is 0.625. The first-order valence-corrected chi connectivity index (χ1v) is 7.14. The van der Waals surface area contributed by atoms with Crippen LogP contribution >= 0.6 is 0 Å². The summed E-state index contributed by atoms with van der Waals surface area (Å²) >= 11 is 0. The van der Waals surface area contributed by atoms with Crippen molar-refractivity contribution in [2.45, 2.75) is 39.2 Å². The second kappa shape index (κ2) is 6.35. The van der Waals surface area contributed by atoms with Gasteiger partial charge in [0.05, 0.1) is 0 Å². The van der Waals surface area contributed by atoms with E-state index in [4.69, 9.17) is 0 Å². The molecule has 1 fully saturated rings. The van der Waals surface area contributed by atoms with Crippen molar-refractivity contribution in [3.63, 3.8) is 0 Å². The molecular formula is C16H26N2. The maximum absolute atomic E-state index is 3.49. The molecule has 1 saturated heterocycles. The van der Waals surface area contributed by atoms with Crippen molar-refractivity contribution >= 4 is 0 Å². The van der Waals surface area contributed by atoms with Crippen molar-refractivity contribution in [1.82, 2.24) is 10.2 Å². The Balaban J connectivity index is 1.84. The molecule has 1 aromatic rings. The summed E-state index contributed by atoms with van der Waals surface area (Å²) in [6.07, 6.45) is 3.82. The van der Waals surface area contributed by atoms with Gasteiger partial charge in [-0.3, -0.25) is 0 Å². The second-order valence-electron chi connectivity index (χ2n) is 5.65. The normalized spacial score (nSPS) is 20.3. The van der Waals surface area contributed by atoms with Gasteiger partial charge in [-0.2, -0.15) is 0 Å². The van der Waals surface area contributed by atoms with E-state index in [2.05, 4.69) is 49.3 Å². The number of likely N-dealkylation sites (N-methyl/N-ethyl adjacent to an activating group) is 1. The molecule has 2 nitrogen and oxygen atoms in total. The van der Waals surface area contributed by atoms with Crippen LogP contribution in [0, 0.1) is 13.8 Å². The van der Waals surface area contributed by atoms with Crippen LogP contribution in [-0.2, 0) is 6.42 Å². The highest BCUT2D eigenvalue weighted by Crippen LogP contribution is 2.13. The van der Waals surface area contributed by atoms with Crippen molar-refractivity contribution in [3.8, 4) is 0 Å². The maximum Gasteiger partial charge on any atom is 0.0218 e. The molecule has 100 valence electrons. The fourth-order valence-corrected chi connectivity index (χ4v) is 2.66. The summed E-state index contributed by atoms with van der Waals surface area (Å²) in [6.45, 7) is 7.90. The van der Waals surface area contributed by atoms with E-state index in [1.807, 2.05) is 0 Å². The van der Waals surface area contributed by atoms with Crippen LogP contribution in [0.2, 0.25) is 0 Å². The van der Waals surface area contributed by atoms with Crippen LogP contribution in [0.3, 0.4) is 0 Å². The number of rotatable bonds is 4. The quantitative estimate of drug-likeness (QED) is 0.878. The largest absolute Gasteiger partial charge is 0.315 e. The topological polar surface area (TPSA) is 15.3 Å². The van der Waals surface area contributed by atoms with Gasteiger partial charge in [0.1, 0.15) is 0 Å². The molecule has 0 bridgehead atoms. The zero-order chi connectivity index (χ0) is 13.0. The first kappa shape index (κ1) is 13.6. The number of nitrogens with zero attached hydrogens (tertiary/aromatic N) is 1. The number of nitrogens with one attached hydrogen (secondary N) is 1. The molecular weight excluding hydrogens is 220 g/mol. The van der Waals surface area contributed by atoms with Crippen LogP contribution in [0.4, 0.5) is 0 Å². The number of aryl methyl sites for hydroxylation is 2. The van der Waals surface area contributed by atoms with Gasteiger partial charge >= 0.3 is 0 Å². The van der Waals surface area contributed by atoms with Gasteiger partial charge < -0.3 is 10.2 Å². The molecule has 2 rings (SSSR count). The molecule has 1 aromatic carbocycles. The van der Waals surface area contributed by atoms with E-state index >= 15 is 0 Å². The predicted molar refractivity (Wildman–Crippen MR) is 78.1 cm³/mol. The van der Waals surface area contributed by atoms with Gasteiger partial charge in [0, 0.05) is 19.1 Å². The van der Waals surface area contributed by atoms with E-state index < -0.39 is 0 Å². The minimum atomic E-state index is 0.727. The van der Waals surface area contributed by atoms with E-state index in [1.54, 1.807) is 0 Å². The average Bonchev–Trinajstić information content (AvgIpc) is 2.41. The molecule has 18 heavy (non-hydrogen) atoms. The Morgan fingerprint density at radius 2 is 2.11 bits per heavy atom. The molecule has 1 N–H and O–H groups in total. The van der Waals surface area contributed by atoms with Crippen molar-refractivity contribution < 1.29 is 0 Å². The fourth-order valence-electron chi connectivity index (χ4n) is 2.66. The van der Waals surface area contributed by atoms with Crippen LogP contribution in [0.5, 0.6) is 0 Å². The molecule has 0 aliphatic carbocycles. The van der Waals surface area contributed by atoms with Gasteiger partial charge in [-0.05, 0) is 63.4 Å². The Morgan fingerprint density at radius 1 is 1.28 bits per heavy atom. The molecule has 2 heteroatoms. The van der Waals surface area contributed by atoms with E-state index in [0.29, 0.717) is 0 Å². The average molecular weight is 246 g/mol. The molecule has 0 spiro atoms. The highest BCUT2D eigenvalue weighted by atomic mass is 15.2. The van der Waals surface area contributed by atoms with Gasteiger partial charge in [-0.1, -0.05) is 18.2 Å². The zero-order valence-electron chi connectivity index (χ0n) is 12.0. The van der Waals surface area contributed by atoms with E-state index in [1.165, 1.54) is 36.1 Å². The van der Waals surface area contributed by atoms with Gasteiger partial charge in [-0.15, -0.1) is 0 Å². The predicted octanol–water partition coefficient (Wildman–Crippen LogP) is 2.53. The highest BCUT2D eigenvalue weighted by molar-refractivity contribution is 5.30. The summed E-state index contributed by atoms with van der Waals surface area (Å²) in [5.41, 5.74) is 4.27. The van der Waals surface area contributed by atoms with Crippen LogP contribution < -0.4 is 5.32 Å². The van der Waals surface area contributed by atoms with Gasteiger partial charge in [0.2, 0.25) is 0 Å². The Labute approximate surface area is 111 Å². The summed E-state index contributed by atoms with van der Waals surface area (Å²) in [6, 6.07) is 7.58. The molecule has 0 amide bonds. The number of hydrogen-bond acceptors (Lipinski definition) is 2. The lowest BCUT2D eigenvalue weighted by Crippen LogP contribution is -2.44. The van der Waals surface area contributed by atoms with Crippen LogP contribution in [-0.4, -0.2) is 37.6 Å². The Morgan fingerprint density at radius 3 is 2.78 bits per heavy atom. The first-order chi connectivity index (χ1) is 8.66. The third kappa shape index (κ3) is 3.56. The second-order valence-corrected chi connectivity index (χ2v) is 5.65. The van der Waals surface area contributed by atoms with Gasteiger partial charge in [-0.25, -0.2) is 0 Å². The van der Waals surface area contributed by atoms with E-state index in [0.717, 1.165) is 25.6 Å². The molecule has 1 aliphatic heterocycles. The molecule has 1 heterocycles. The third-order valence-electron chi connectivity index (χ3n) is 4.22. The minimum Gasteiger partial charge on any atom is -0.315 e. The number of piperidine rings is 1. The summed E-state index contributed by atoms with van der Waals surface area (Å²) in [7, 11) is 2.26. The Kier molecular flexibility index (Phi) is 4.79. The number of benzene rings is 1. The van der Waals surface area contributed by atoms with Crippen molar-refractivity contribution in [2.24, 2.45) is 0 Å². The van der Waals surface area contributed by atoms with Gasteiger partial charge in [0.25, 0.3) is 0 Å². The van der Waals surface area contributed by atoms with Crippen LogP contribution in [0.1, 0.15) is 29.5 Å². The SMILES string of the molecule is Cc1ccc(CCN(C)C2CCCNC2)cc1C. The smallest absolute Gasteiger partial charge is 0.0218 e. The Bertz CT molecular complexity index is 381. The highest BCUT2D eigenvalue weighted by Gasteiger charge is 2.17. The van der Waals surface area contributed by atoms with E-state index in [9.17, 15) is 0 Å². The summed E-state index contributed by atoms with van der Waals surface area (Å²) < 4.78 is 0. The van der Waals surface area contributed by atoms with Crippen molar-refractivity contribution in [2.75, 3.05) is 26.7 Å². The lowest BCUT2D eigenvalue weighted by atomic mass is 10.0. The standard InChI is InChI=1S/C16H26N2/c1-13-6-7-15(11-14(13)2)8-10-18(3)16-5-4-9-17-12-16/h6-7,11,16-17H,4-5,8-10,12H2,1-3H3. The summed E-state index contributed by atoms with van der Waals surface area (Å²) in [4.78, 5) is 2.52. The summed E-state index contributed by atoms with van der Waals surface area (Å²) in [5, 5.41) is 3.49. The van der Waals surface area contributed by atoms with Gasteiger partial charge in [0.15, 0.2) is 0 Å². The van der Waals surface area contributed by atoms with E-state index in [-0.39, 0.29) is 0 Å². The molecule has 0 saturated carbocycles. The molecule has 1 unspecified atom stereocenters. The Hall–Kier alpha value is -0.860. The lowest BCUT2D eigenvalue weighted by molar-refractivity contribution is 0.205. The molecule has 1 aliphatic rings. The molecule has 0 radical (unpaired) electrons. The number of hydrogen-bond donors (Lipinski definition) is 1. The molecule has 0 aromatic heterocycles. The maximum atomic E-state index is 3.49.